The number of benzene rings is 1. The Bertz CT molecular complexity index is 660. The molecule has 7 heteroatoms. The van der Waals surface area contributed by atoms with Crippen LogP contribution in [0.5, 0.6) is 0 Å². The first-order valence-corrected chi connectivity index (χ1v) is 7.50. The first kappa shape index (κ1) is 19.0. The lowest BCUT2D eigenvalue weighted by Gasteiger charge is -2.42. The zero-order chi connectivity index (χ0) is 17.8. The number of nitriles is 1. The first-order valence-electron chi connectivity index (χ1n) is 7.14. The van der Waals surface area contributed by atoms with Crippen molar-refractivity contribution in [3.63, 3.8) is 0 Å². The number of aryl methyl sites for hydroxylation is 1. The van der Waals surface area contributed by atoms with E-state index in [1.165, 1.54) is 13.2 Å². The Kier molecular flexibility index (Phi) is 6.19. The molecule has 0 spiro atoms. The third kappa shape index (κ3) is 4.47. The van der Waals surface area contributed by atoms with Crippen molar-refractivity contribution in [2.75, 3.05) is 26.5 Å². The molecule has 0 saturated heterocycles. The van der Waals surface area contributed by atoms with Crippen LogP contribution < -0.4 is 5.32 Å². The summed E-state index contributed by atoms with van der Waals surface area (Å²) in [6, 6.07) is 4.56. The van der Waals surface area contributed by atoms with E-state index in [9.17, 15) is 9.59 Å². The Morgan fingerprint density at radius 3 is 2.48 bits per heavy atom. The first-order chi connectivity index (χ1) is 10.6. The molecule has 1 rings (SSSR count). The number of nitrogens with one attached hydrogen (secondary N) is 1. The minimum Gasteiger partial charge on any atom is -0.494 e. The summed E-state index contributed by atoms with van der Waals surface area (Å²) in [4.78, 5) is 24.5. The second-order valence-electron chi connectivity index (χ2n) is 5.67. The van der Waals surface area contributed by atoms with Crippen LogP contribution in [0.25, 0.3) is 0 Å². The normalized spacial score (nSPS) is 12.2. The molecule has 0 bridgehead atoms. The molecule has 23 heavy (non-hydrogen) atoms. The molecule has 0 fully saturated rings. The standard InChI is InChI=1S/C16H21N3O3S/c1-6-13(19(3,4)23)15(20)18-14-10(2)7-11(9-17)8-12(14)16(21)22-5/h7-8,13H,6H2,1-5H3,(H,18,20). The fourth-order valence-corrected chi connectivity index (χ4v) is 2.65. The average Bonchev–Trinajstić information content (AvgIpc) is 2.47. The van der Waals surface area contributed by atoms with E-state index >= 15 is 0 Å². The highest BCUT2D eigenvalue weighted by Gasteiger charge is 2.27. The predicted octanol–water partition coefficient (Wildman–Crippen LogP) is 1.91. The molecular formula is C16H21N3O3S. The van der Waals surface area contributed by atoms with Crippen LogP contribution in [0.15, 0.2) is 12.1 Å². The maximum Gasteiger partial charge on any atom is 0.340 e. The molecule has 1 N–H and O–H groups in total. The average molecular weight is 335 g/mol. The molecule has 0 aromatic heterocycles. The van der Waals surface area contributed by atoms with E-state index in [0.29, 0.717) is 23.2 Å². The number of hydrogen-bond acceptors (Lipinski definition) is 5. The Morgan fingerprint density at radius 1 is 1.43 bits per heavy atom. The summed E-state index contributed by atoms with van der Waals surface area (Å²) in [6.07, 6.45) is 0.561. The summed E-state index contributed by atoms with van der Waals surface area (Å²) in [7, 11) is 4.77. The van der Waals surface area contributed by atoms with Crippen LogP contribution in [0.3, 0.4) is 0 Å². The van der Waals surface area contributed by atoms with E-state index in [-0.39, 0.29) is 15.4 Å². The zero-order valence-electron chi connectivity index (χ0n) is 14.0. The molecule has 0 aliphatic rings. The number of likely N-dealkylation sites (N-methyl/N-ethyl adjacent to an activating group) is 1. The SMILES string of the molecule is CCC(C(=O)Nc1c(C)cc(C#N)cc1C(=O)OC)[N+](C)(C)[S-]. The highest BCUT2D eigenvalue weighted by molar-refractivity contribution is 7.52. The van der Waals surface area contributed by atoms with Gasteiger partial charge in [0.05, 0.1) is 44.1 Å². The molecule has 1 atom stereocenters. The van der Waals surface area contributed by atoms with Crippen molar-refractivity contribution in [1.82, 2.24) is 0 Å². The van der Waals surface area contributed by atoms with Crippen LogP contribution in [0, 0.1) is 18.3 Å². The van der Waals surface area contributed by atoms with Gasteiger partial charge >= 0.3 is 5.97 Å². The number of esters is 1. The van der Waals surface area contributed by atoms with Crippen LogP contribution in [-0.2, 0) is 22.3 Å². The second-order valence-corrected chi connectivity index (χ2v) is 6.61. The van der Waals surface area contributed by atoms with Gasteiger partial charge in [-0.15, -0.1) is 0 Å². The number of quaternary nitrogens is 1. The molecular weight excluding hydrogens is 314 g/mol. The smallest absolute Gasteiger partial charge is 0.340 e. The molecule has 1 unspecified atom stereocenters. The highest BCUT2D eigenvalue weighted by atomic mass is 32.1. The Hall–Kier alpha value is -2.04. The van der Waals surface area contributed by atoms with Gasteiger partial charge in [0.15, 0.2) is 6.04 Å². The summed E-state index contributed by atoms with van der Waals surface area (Å²) in [6.45, 7) is 3.60. The van der Waals surface area contributed by atoms with E-state index in [2.05, 4.69) is 5.32 Å². The molecule has 1 aromatic rings. The van der Waals surface area contributed by atoms with Crippen LogP contribution >= 0.6 is 0 Å². The minimum atomic E-state index is -0.610. The van der Waals surface area contributed by atoms with E-state index in [4.69, 9.17) is 22.8 Å². The van der Waals surface area contributed by atoms with Crippen LogP contribution in [-0.4, -0.2) is 43.0 Å². The maximum absolute atomic E-state index is 12.5. The highest BCUT2D eigenvalue weighted by Crippen LogP contribution is 2.25. The number of carbonyl (C=O) groups is 2. The van der Waals surface area contributed by atoms with E-state index < -0.39 is 12.0 Å². The predicted molar refractivity (Wildman–Crippen MR) is 89.4 cm³/mol. The van der Waals surface area contributed by atoms with Crippen molar-refractivity contribution in [3.05, 3.63) is 28.8 Å². The van der Waals surface area contributed by atoms with Crippen molar-refractivity contribution in [2.24, 2.45) is 0 Å². The lowest BCUT2D eigenvalue weighted by Crippen LogP contribution is -2.50. The van der Waals surface area contributed by atoms with Gasteiger partial charge in [-0.05, 0) is 24.6 Å². The van der Waals surface area contributed by atoms with Gasteiger partial charge < -0.3 is 26.8 Å². The van der Waals surface area contributed by atoms with Crippen LogP contribution in [0.1, 0.15) is 34.8 Å². The van der Waals surface area contributed by atoms with Gasteiger partial charge in [-0.1, -0.05) is 6.92 Å². The van der Waals surface area contributed by atoms with Gasteiger partial charge in [0.2, 0.25) is 0 Å². The quantitative estimate of drug-likeness (QED) is 0.505. The molecule has 0 aliphatic heterocycles. The van der Waals surface area contributed by atoms with Gasteiger partial charge in [-0.3, -0.25) is 4.79 Å². The number of carbonyl (C=O) groups excluding carboxylic acids is 2. The minimum absolute atomic E-state index is 0.0607. The number of ether oxygens (including phenoxy) is 1. The molecule has 6 nitrogen and oxygen atoms in total. The maximum atomic E-state index is 12.5. The topological polar surface area (TPSA) is 79.2 Å². The lowest BCUT2D eigenvalue weighted by molar-refractivity contribution is -0.768. The summed E-state index contributed by atoms with van der Waals surface area (Å²) in [5.41, 5.74) is 1.44. The molecule has 1 amide bonds. The van der Waals surface area contributed by atoms with Gasteiger partial charge in [0.1, 0.15) is 0 Å². The summed E-state index contributed by atoms with van der Waals surface area (Å²) in [5, 5.41) is 11.8. The number of nitrogens with zero attached hydrogens (tertiary/aromatic N) is 2. The zero-order valence-corrected chi connectivity index (χ0v) is 14.8. The van der Waals surface area contributed by atoms with Gasteiger partial charge in [0, 0.05) is 6.42 Å². The van der Waals surface area contributed by atoms with Gasteiger partial charge in [-0.2, -0.15) is 5.26 Å². The Labute approximate surface area is 142 Å². The number of amides is 1. The lowest BCUT2D eigenvalue weighted by atomic mass is 10.0. The van der Waals surface area contributed by atoms with E-state index in [0.717, 1.165) is 0 Å². The van der Waals surface area contributed by atoms with Crippen molar-refractivity contribution in [3.8, 4) is 6.07 Å². The molecule has 124 valence electrons. The number of rotatable bonds is 5. The van der Waals surface area contributed by atoms with Gasteiger partial charge in [-0.25, -0.2) is 4.79 Å². The van der Waals surface area contributed by atoms with Crippen molar-refractivity contribution < 1.29 is 18.2 Å². The van der Waals surface area contributed by atoms with Crippen molar-refractivity contribution in [2.45, 2.75) is 26.3 Å². The molecule has 0 saturated carbocycles. The van der Waals surface area contributed by atoms with Crippen molar-refractivity contribution in [1.29, 1.82) is 5.26 Å². The van der Waals surface area contributed by atoms with E-state index in [1.54, 1.807) is 27.1 Å². The number of hydrogen-bond donors (Lipinski definition) is 1. The Balaban J connectivity index is 3.30. The van der Waals surface area contributed by atoms with Gasteiger partial charge in [0.25, 0.3) is 5.91 Å². The fraction of sp³-hybridized carbons (Fsp3) is 0.438. The second kappa shape index (κ2) is 7.49. The molecule has 0 heterocycles. The molecule has 1 aromatic carbocycles. The fourth-order valence-electron chi connectivity index (χ4n) is 2.40. The largest absolute Gasteiger partial charge is 0.494 e. The third-order valence-corrected chi connectivity index (χ3v) is 3.81. The number of methoxy groups -OCH3 is 1. The number of anilines is 1. The third-order valence-electron chi connectivity index (χ3n) is 3.56. The molecule has 0 aliphatic carbocycles. The Morgan fingerprint density at radius 2 is 2.04 bits per heavy atom. The summed E-state index contributed by atoms with van der Waals surface area (Å²) >= 11 is 5.32. The summed E-state index contributed by atoms with van der Waals surface area (Å²) < 4.78 is 4.80. The summed E-state index contributed by atoms with van der Waals surface area (Å²) in [5.74, 6) is -0.883. The monoisotopic (exact) mass is 335 g/mol. The van der Waals surface area contributed by atoms with E-state index in [1.807, 2.05) is 13.0 Å². The molecule has 0 radical (unpaired) electrons. The van der Waals surface area contributed by atoms with Crippen molar-refractivity contribution >= 4 is 30.4 Å². The van der Waals surface area contributed by atoms with Crippen LogP contribution in [0.4, 0.5) is 5.69 Å². The van der Waals surface area contributed by atoms with Crippen LogP contribution in [0.2, 0.25) is 0 Å².